The fourth-order valence-electron chi connectivity index (χ4n) is 3.10. The molecule has 1 aliphatic rings. The van der Waals surface area contributed by atoms with Crippen LogP contribution in [0.15, 0.2) is 59.9 Å². The number of hydrogen-bond acceptors (Lipinski definition) is 4. The first kappa shape index (κ1) is 18.3. The number of aliphatic hydroxyl groups excluding tert-OH is 1. The van der Waals surface area contributed by atoms with Crippen LogP contribution in [-0.2, 0) is 14.4 Å². The van der Waals surface area contributed by atoms with Gasteiger partial charge in [-0.1, -0.05) is 12.1 Å². The number of carbonyl (C=O) groups is 3. The van der Waals surface area contributed by atoms with Gasteiger partial charge >= 0.3 is 0 Å². The van der Waals surface area contributed by atoms with E-state index in [9.17, 15) is 23.9 Å². The molecule has 138 valence electrons. The van der Waals surface area contributed by atoms with E-state index < -0.39 is 29.3 Å². The molecule has 0 saturated carbocycles. The minimum atomic E-state index is -0.873. The predicted molar refractivity (Wildman–Crippen MR) is 97.7 cm³/mol. The Hall–Kier alpha value is -3.48. The second-order valence-electron chi connectivity index (χ2n) is 6.18. The van der Waals surface area contributed by atoms with Gasteiger partial charge in [0.15, 0.2) is 11.5 Å². The van der Waals surface area contributed by atoms with Crippen molar-refractivity contribution >= 4 is 29.0 Å². The summed E-state index contributed by atoms with van der Waals surface area (Å²) in [7, 11) is 0. The molecule has 0 radical (unpaired) electrons. The van der Waals surface area contributed by atoms with Crippen LogP contribution in [0.4, 0.5) is 15.8 Å². The van der Waals surface area contributed by atoms with Gasteiger partial charge in [-0.2, -0.15) is 0 Å². The number of nitrogens with one attached hydrogen (secondary N) is 1. The van der Waals surface area contributed by atoms with Crippen LogP contribution >= 0.6 is 0 Å². The molecule has 0 saturated heterocycles. The standard InChI is InChI=1S/C20H17FN2O4/c1-11(24)17-18(13-3-5-14(21)6-4-13)23(20(27)19(17)26)16-9-7-15(8-10-16)22-12(2)25/h3-10,18,26H,1-2H3,(H,22,25). The highest BCUT2D eigenvalue weighted by atomic mass is 19.1. The minimum Gasteiger partial charge on any atom is -0.503 e. The number of rotatable bonds is 4. The number of hydrogen-bond donors (Lipinski definition) is 2. The lowest BCUT2D eigenvalue weighted by atomic mass is 9.96. The Morgan fingerprint density at radius 2 is 1.63 bits per heavy atom. The summed E-state index contributed by atoms with van der Waals surface area (Å²) < 4.78 is 13.3. The van der Waals surface area contributed by atoms with Crippen LogP contribution in [0.25, 0.3) is 0 Å². The number of amides is 2. The lowest BCUT2D eigenvalue weighted by Gasteiger charge is -2.27. The topological polar surface area (TPSA) is 86.7 Å². The molecule has 2 aromatic carbocycles. The second-order valence-corrected chi connectivity index (χ2v) is 6.18. The molecular weight excluding hydrogens is 351 g/mol. The van der Waals surface area contributed by atoms with E-state index in [4.69, 9.17) is 0 Å². The van der Waals surface area contributed by atoms with E-state index in [-0.39, 0.29) is 11.5 Å². The third-order valence-corrected chi connectivity index (χ3v) is 4.24. The Balaban J connectivity index is 2.07. The first-order chi connectivity index (χ1) is 12.8. The first-order valence-corrected chi connectivity index (χ1v) is 8.20. The molecule has 2 N–H and O–H groups in total. The van der Waals surface area contributed by atoms with Gasteiger partial charge in [0.05, 0.1) is 11.6 Å². The van der Waals surface area contributed by atoms with E-state index in [2.05, 4.69) is 5.32 Å². The van der Waals surface area contributed by atoms with E-state index in [1.54, 1.807) is 24.3 Å². The Morgan fingerprint density at radius 1 is 1.04 bits per heavy atom. The Labute approximate surface area is 154 Å². The molecule has 3 rings (SSSR count). The van der Waals surface area contributed by atoms with Gasteiger partial charge in [-0.05, 0) is 48.9 Å². The van der Waals surface area contributed by atoms with E-state index in [0.717, 1.165) is 0 Å². The van der Waals surface area contributed by atoms with Gasteiger partial charge < -0.3 is 10.4 Å². The maximum Gasteiger partial charge on any atom is 0.294 e. The fourth-order valence-corrected chi connectivity index (χ4v) is 3.10. The minimum absolute atomic E-state index is 0.0439. The Morgan fingerprint density at radius 3 is 2.15 bits per heavy atom. The van der Waals surface area contributed by atoms with Crippen molar-refractivity contribution in [2.75, 3.05) is 10.2 Å². The largest absolute Gasteiger partial charge is 0.503 e. The van der Waals surface area contributed by atoms with E-state index >= 15 is 0 Å². The van der Waals surface area contributed by atoms with Crippen LogP contribution in [0.2, 0.25) is 0 Å². The molecule has 1 atom stereocenters. The fraction of sp³-hybridized carbons (Fsp3) is 0.150. The van der Waals surface area contributed by atoms with Crippen molar-refractivity contribution in [2.24, 2.45) is 0 Å². The molecule has 0 aromatic heterocycles. The third-order valence-electron chi connectivity index (χ3n) is 4.24. The summed E-state index contributed by atoms with van der Waals surface area (Å²) in [5, 5.41) is 12.9. The molecule has 7 heteroatoms. The molecule has 1 heterocycles. The summed E-state index contributed by atoms with van der Waals surface area (Å²) in [4.78, 5) is 37.2. The van der Waals surface area contributed by atoms with Crippen LogP contribution in [0.3, 0.4) is 0 Å². The van der Waals surface area contributed by atoms with Crippen LogP contribution in [0.1, 0.15) is 25.5 Å². The number of halogens is 1. The SMILES string of the molecule is CC(=O)Nc1ccc(N2C(=O)C(O)=C(C(C)=O)C2c2ccc(F)cc2)cc1. The summed E-state index contributed by atoms with van der Waals surface area (Å²) in [5.74, 6) is -2.48. The molecule has 1 aliphatic heterocycles. The van der Waals surface area contributed by atoms with E-state index in [1.165, 1.54) is 43.0 Å². The highest BCUT2D eigenvalue weighted by Crippen LogP contribution is 2.41. The number of benzene rings is 2. The highest BCUT2D eigenvalue weighted by molar-refractivity contribution is 6.16. The van der Waals surface area contributed by atoms with Crippen LogP contribution in [0.5, 0.6) is 0 Å². The zero-order valence-corrected chi connectivity index (χ0v) is 14.7. The number of Topliss-reactive ketones (excluding diaryl/α,β-unsaturated/α-hetero) is 1. The number of carbonyl (C=O) groups excluding carboxylic acids is 3. The zero-order chi connectivity index (χ0) is 19.7. The average molecular weight is 368 g/mol. The number of ketones is 1. The van der Waals surface area contributed by atoms with Gasteiger partial charge in [-0.25, -0.2) is 4.39 Å². The molecule has 0 spiro atoms. The van der Waals surface area contributed by atoms with Gasteiger partial charge in [0.25, 0.3) is 5.91 Å². The van der Waals surface area contributed by atoms with Crippen molar-refractivity contribution in [3.63, 3.8) is 0 Å². The quantitative estimate of drug-likeness (QED) is 0.867. The Kier molecular flexibility index (Phi) is 4.77. The van der Waals surface area contributed by atoms with Crippen LogP contribution < -0.4 is 10.2 Å². The van der Waals surface area contributed by atoms with Crippen molar-refractivity contribution in [1.82, 2.24) is 0 Å². The number of anilines is 2. The summed E-state index contributed by atoms with van der Waals surface area (Å²) in [5.41, 5.74) is 1.41. The molecule has 27 heavy (non-hydrogen) atoms. The van der Waals surface area contributed by atoms with Gasteiger partial charge in [-0.3, -0.25) is 19.3 Å². The molecular formula is C20H17FN2O4. The molecule has 2 amide bonds. The van der Waals surface area contributed by atoms with Crippen molar-refractivity contribution in [3.8, 4) is 0 Å². The lowest BCUT2D eigenvalue weighted by molar-refractivity contribution is -0.117. The predicted octanol–water partition coefficient (Wildman–Crippen LogP) is 3.27. The second kappa shape index (κ2) is 7.03. The zero-order valence-electron chi connectivity index (χ0n) is 14.7. The van der Waals surface area contributed by atoms with Crippen LogP contribution in [-0.4, -0.2) is 22.7 Å². The van der Waals surface area contributed by atoms with Gasteiger partial charge in [-0.15, -0.1) is 0 Å². The molecule has 6 nitrogen and oxygen atoms in total. The Bertz CT molecular complexity index is 949. The van der Waals surface area contributed by atoms with Gasteiger partial charge in [0, 0.05) is 18.3 Å². The van der Waals surface area contributed by atoms with Crippen molar-refractivity contribution in [2.45, 2.75) is 19.9 Å². The summed E-state index contributed by atoms with van der Waals surface area (Å²) in [6.45, 7) is 2.64. The van der Waals surface area contributed by atoms with E-state index in [1.807, 2.05) is 0 Å². The first-order valence-electron chi connectivity index (χ1n) is 8.20. The maximum absolute atomic E-state index is 13.3. The van der Waals surface area contributed by atoms with Gasteiger partial charge in [0.2, 0.25) is 5.91 Å². The van der Waals surface area contributed by atoms with Crippen molar-refractivity contribution in [3.05, 3.63) is 71.2 Å². The molecule has 0 fully saturated rings. The molecule has 0 aliphatic carbocycles. The third kappa shape index (κ3) is 3.44. The van der Waals surface area contributed by atoms with Crippen molar-refractivity contribution in [1.29, 1.82) is 0 Å². The van der Waals surface area contributed by atoms with Crippen LogP contribution in [0, 0.1) is 5.82 Å². The molecule has 1 unspecified atom stereocenters. The summed E-state index contributed by atoms with van der Waals surface area (Å²) in [6, 6.07) is 10.9. The van der Waals surface area contributed by atoms with E-state index in [0.29, 0.717) is 16.9 Å². The normalized spacial score (nSPS) is 16.6. The molecule has 0 bridgehead atoms. The number of nitrogens with zero attached hydrogens (tertiary/aromatic N) is 1. The number of aliphatic hydroxyl groups is 1. The smallest absolute Gasteiger partial charge is 0.294 e. The lowest BCUT2D eigenvalue weighted by Crippen LogP contribution is -2.30. The van der Waals surface area contributed by atoms with Gasteiger partial charge in [0.1, 0.15) is 5.82 Å². The average Bonchev–Trinajstić information content (AvgIpc) is 2.87. The monoisotopic (exact) mass is 368 g/mol. The summed E-state index contributed by atoms with van der Waals surface area (Å²) in [6.07, 6.45) is 0. The maximum atomic E-state index is 13.3. The highest BCUT2D eigenvalue weighted by Gasteiger charge is 2.43. The molecule has 2 aromatic rings. The van der Waals surface area contributed by atoms with Crippen molar-refractivity contribution < 1.29 is 23.9 Å². The summed E-state index contributed by atoms with van der Waals surface area (Å²) >= 11 is 0.